The van der Waals surface area contributed by atoms with E-state index in [1.54, 1.807) is 6.08 Å². The van der Waals surface area contributed by atoms with Gasteiger partial charge in [-0.2, -0.15) is 0 Å². The van der Waals surface area contributed by atoms with Crippen LogP contribution in [0.15, 0.2) is 36.4 Å². The van der Waals surface area contributed by atoms with Gasteiger partial charge < -0.3 is 0 Å². The van der Waals surface area contributed by atoms with E-state index < -0.39 is 6.04 Å². The van der Waals surface area contributed by atoms with E-state index in [4.69, 9.17) is 0 Å². The van der Waals surface area contributed by atoms with Gasteiger partial charge in [-0.3, -0.25) is 10.1 Å². The van der Waals surface area contributed by atoms with E-state index in [1.165, 1.54) is 21.9 Å². The molecule has 21 heavy (non-hydrogen) atoms. The second kappa shape index (κ2) is 4.55. The van der Waals surface area contributed by atoms with Crippen molar-refractivity contribution in [1.29, 1.82) is 0 Å². The third kappa shape index (κ3) is 1.88. The molecule has 2 aromatic carbocycles. The maximum absolute atomic E-state index is 11.1. The SMILES string of the molecule is O=[N+]([O-])C1C=Cc2ccc3c4c(ccc3c2C1)C=CCC4. The summed E-state index contributed by atoms with van der Waals surface area (Å²) in [6.07, 6.45) is 10.6. The van der Waals surface area contributed by atoms with Gasteiger partial charge >= 0.3 is 0 Å². The molecule has 2 aromatic rings. The zero-order valence-corrected chi connectivity index (χ0v) is 11.6. The summed E-state index contributed by atoms with van der Waals surface area (Å²) in [5.74, 6) is 0. The normalized spacial score (nSPS) is 19.3. The monoisotopic (exact) mass is 277 g/mol. The van der Waals surface area contributed by atoms with E-state index in [2.05, 4.69) is 36.4 Å². The smallest absolute Gasteiger partial charge is 0.235 e. The van der Waals surface area contributed by atoms with Crippen LogP contribution in [0.3, 0.4) is 0 Å². The molecule has 0 heterocycles. The lowest BCUT2D eigenvalue weighted by atomic mass is 9.85. The third-order valence-electron chi connectivity index (χ3n) is 4.54. The Morgan fingerprint density at radius 3 is 2.48 bits per heavy atom. The van der Waals surface area contributed by atoms with Crippen LogP contribution in [0.1, 0.15) is 28.7 Å². The minimum absolute atomic E-state index is 0.195. The molecule has 3 nitrogen and oxygen atoms in total. The lowest BCUT2D eigenvalue weighted by Crippen LogP contribution is -2.22. The van der Waals surface area contributed by atoms with E-state index in [1.807, 2.05) is 6.08 Å². The number of benzene rings is 2. The van der Waals surface area contributed by atoms with Gasteiger partial charge in [-0.15, -0.1) is 0 Å². The van der Waals surface area contributed by atoms with E-state index in [9.17, 15) is 10.1 Å². The second-order valence-electron chi connectivity index (χ2n) is 5.72. The second-order valence-corrected chi connectivity index (χ2v) is 5.72. The van der Waals surface area contributed by atoms with Crippen molar-refractivity contribution in [2.24, 2.45) is 0 Å². The van der Waals surface area contributed by atoms with Crippen molar-refractivity contribution >= 4 is 22.9 Å². The van der Waals surface area contributed by atoms with Gasteiger partial charge in [0.15, 0.2) is 0 Å². The molecule has 0 amide bonds. The highest BCUT2D eigenvalue weighted by Gasteiger charge is 2.24. The Morgan fingerprint density at radius 2 is 1.71 bits per heavy atom. The molecule has 0 spiro atoms. The number of hydrogen-bond donors (Lipinski definition) is 0. The van der Waals surface area contributed by atoms with E-state index in [-0.39, 0.29) is 4.92 Å². The molecular formula is C18H15NO2. The molecule has 0 aliphatic heterocycles. The van der Waals surface area contributed by atoms with Crippen LogP contribution in [-0.4, -0.2) is 11.0 Å². The highest BCUT2D eigenvalue weighted by atomic mass is 16.6. The first kappa shape index (κ1) is 12.3. The predicted molar refractivity (Wildman–Crippen MR) is 84.8 cm³/mol. The van der Waals surface area contributed by atoms with Crippen LogP contribution < -0.4 is 0 Å². The van der Waals surface area contributed by atoms with Crippen molar-refractivity contribution < 1.29 is 4.92 Å². The summed E-state index contributed by atoms with van der Waals surface area (Å²) in [6, 6.07) is 7.94. The Labute approximate surface area is 122 Å². The molecule has 0 N–H and O–H groups in total. The minimum Gasteiger partial charge on any atom is -0.264 e. The van der Waals surface area contributed by atoms with Crippen LogP contribution >= 0.6 is 0 Å². The lowest BCUT2D eigenvalue weighted by molar-refractivity contribution is -0.508. The number of fused-ring (bicyclic) bond motifs is 5. The van der Waals surface area contributed by atoms with Crippen molar-refractivity contribution in [1.82, 2.24) is 0 Å². The first-order valence-electron chi connectivity index (χ1n) is 7.30. The van der Waals surface area contributed by atoms with Crippen LogP contribution in [0.4, 0.5) is 0 Å². The van der Waals surface area contributed by atoms with Crippen molar-refractivity contribution in [2.75, 3.05) is 0 Å². The number of aryl methyl sites for hydroxylation is 1. The Balaban J connectivity index is 1.95. The number of allylic oxidation sites excluding steroid dienone is 1. The molecule has 4 rings (SSSR count). The fourth-order valence-electron chi connectivity index (χ4n) is 3.46. The standard InChI is InChI=1S/C18H15NO2/c20-19(21)14-8-5-13-7-9-16-15-4-2-1-3-12(15)6-10-17(16)18(13)11-14/h1,3,5-10,14H,2,4,11H2. The van der Waals surface area contributed by atoms with Crippen molar-refractivity contribution in [2.45, 2.75) is 25.3 Å². The van der Waals surface area contributed by atoms with Crippen LogP contribution in [0.5, 0.6) is 0 Å². The Kier molecular flexibility index (Phi) is 2.67. The molecule has 0 saturated carbocycles. The molecule has 0 aromatic heterocycles. The van der Waals surface area contributed by atoms with Crippen LogP contribution in [0.25, 0.3) is 22.9 Å². The van der Waals surface area contributed by atoms with Crippen molar-refractivity contribution in [3.8, 4) is 0 Å². The fraction of sp³-hybridized carbons (Fsp3) is 0.222. The predicted octanol–water partition coefficient (Wildman–Crippen LogP) is 4.01. The van der Waals surface area contributed by atoms with Gasteiger partial charge in [0.05, 0.1) is 0 Å². The molecule has 1 atom stereocenters. The zero-order valence-electron chi connectivity index (χ0n) is 11.6. The third-order valence-corrected chi connectivity index (χ3v) is 4.54. The molecule has 0 bridgehead atoms. The summed E-state index contributed by atoms with van der Waals surface area (Å²) in [5, 5.41) is 13.5. The van der Waals surface area contributed by atoms with E-state index >= 15 is 0 Å². The summed E-state index contributed by atoms with van der Waals surface area (Å²) in [4.78, 5) is 10.9. The number of nitro groups is 1. The average Bonchev–Trinajstić information content (AvgIpc) is 2.53. The maximum Gasteiger partial charge on any atom is 0.235 e. The van der Waals surface area contributed by atoms with Crippen LogP contribution in [0, 0.1) is 10.1 Å². The summed E-state index contributed by atoms with van der Waals surface area (Å²) in [5.41, 5.74) is 4.90. The Hall–Kier alpha value is -2.42. The number of nitrogens with zero attached hydrogens (tertiary/aromatic N) is 1. The minimum atomic E-state index is -0.598. The summed E-state index contributed by atoms with van der Waals surface area (Å²) < 4.78 is 0. The zero-order chi connectivity index (χ0) is 14.4. The van der Waals surface area contributed by atoms with Gasteiger partial charge in [-0.25, -0.2) is 0 Å². The highest BCUT2D eigenvalue weighted by Crippen LogP contribution is 2.34. The topological polar surface area (TPSA) is 43.1 Å². The van der Waals surface area contributed by atoms with Gasteiger partial charge in [0.25, 0.3) is 0 Å². The molecule has 0 saturated heterocycles. The molecule has 0 radical (unpaired) electrons. The molecule has 0 fully saturated rings. The quantitative estimate of drug-likeness (QED) is 0.583. The molecule has 1 unspecified atom stereocenters. The molecule has 2 aliphatic carbocycles. The van der Waals surface area contributed by atoms with E-state index in [0.29, 0.717) is 6.42 Å². The van der Waals surface area contributed by atoms with Crippen LogP contribution in [0.2, 0.25) is 0 Å². The maximum atomic E-state index is 11.1. The van der Waals surface area contributed by atoms with Crippen LogP contribution in [-0.2, 0) is 12.8 Å². The first-order valence-corrected chi connectivity index (χ1v) is 7.30. The number of rotatable bonds is 1. The summed E-state index contributed by atoms with van der Waals surface area (Å²) >= 11 is 0. The van der Waals surface area contributed by atoms with Crippen molar-refractivity contribution in [3.63, 3.8) is 0 Å². The average molecular weight is 277 g/mol. The first-order chi connectivity index (χ1) is 10.2. The Morgan fingerprint density at radius 1 is 1.00 bits per heavy atom. The lowest BCUT2D eigenvalue weighted by Gasteiger charge is -2.20. The Bertz CT molecular complexity index is 818. The van der Waals surface area contributed by atoms with Gasteiger partial charge in [0, 0.05) is 11.3 Å². The molecule has 104 valence electrons. The number of hydrogen-bond acceptors (Lipinski definition) is 2. The van der Waals surface area contributed by atoms with Gasteiger partial charge in [0.1, 0.15) is 0 Å². The fourth-order valence-corrected chi connectivity index (χ4v) is 3.46. The molecule has 2 aliphatic rings. The van der Waals surface area contributed by atoms with E-state index in [0.717, 1.165) is 24.0 Å². The summed E-state index contributed by atoms with van der Waals surface area (Å²) in [6.45, 7) is 0. The summed E-state index contributed by atoms with van der Waals surface area (Å²) in [7, 11) is 0. The highest BCUT2D eigenvalue weighted by molar-refractivity contribution is 5.94. The van der Waals surface area contributed by atoms with Gasteiger partial charge in [-0.05, 0) is 51.9 Å². The molecule has 3 heteroatoms. The van der Waals surface area contributed by atoms with Gasteiger partial charge in [0.2, 0.25) is 6.04 Å². The largest absolute Gasteiger partial charge is 0.264 e. The molecular weight excluding hydrogens is 262 g/mol. The van der Waals surface area contributed by atoms with Crippen molar-refractivity contribution in [3.05, 3.63) is 68.8 Å². The van der Waals surface area contributed by atoms with Gasteiger partial charge in [-0.1, -0.05) is 42.5 Å².